The molecule has 0 atom stereocenters. The summed E-state index contributed by atoms with van der Waals surface area (Å²) in [5, 5.41) is 6.77. The van der Waals surface area contributed by atoms with E-state index in [4.69, 9.17) is 9.47 Å². The number of hydrogen-bond acceptors (Lipinski definition) is 4. The van der Waals surface area contributed by atoms with Crippen LogP contribution in [0.3, 0.4) is 0 Å². The summed E-state index contributed by atoms with van der Waals surface area (Å²) in [7, 11) is 1.82. The van der Waals surface area contributed by atoms with Crippen molar-refractivity contribution in [2.45, 2.75) is 32.6 Å². The maximum absolute atomic E-state index is 5.81. The van der Waals surface area contributed by atoms with Crippen molar-refractivity contribution in [3.63, 3.8) is 0 Å². The molecule has 1 aliphatic heterocycles. The van der Waals surface area contributed by atoms with Gasteiger partial charge in [-0.1, -0.05) is 18.2 Å². The molecule has 0 spiro atoms. The van der Waals surface area contributed by atoms with Gasteiger partial charge >= 0.3 is 0 Å². The van der Waals surface area contributed by atoms with Crippen molar-refractivity contribution >= 4 is 35.6 Å². The molecule has 1 saturated heterocycles. The number of halogens is 1. The molecule has 1 aromatic carbocycles. The summed E-state index contributed by atoms with van der Waals surface area (Å²) in [5.41, 5.74) is 1.29. The Balaban J connectivity index is 0.00000420. The van der Waals surface area contributed by atoms with Gasteiger partial charge in [-0.3, -0.25) is 4.99 Å². The molecule has 1 fully saturated rings. The van der Waals surface area contributed by atoms with Crippen molar-refractivity contribution in [2.75, 3.05) is 64.6 Å². The van der Waals surface area contributed by atoms with Gasteiger partial charge < -0.3 is 25.0 Å². The van der Waals surface area contributed by atoms with Gasteiger partial charge in [-0.25, -0.2) is 0 Å². The molecule has 7 heteroatoms. The number of ether oxygens (including phenoxy) is 2. The molecule has 0 bridgehead atoms. The van der Waals surface area contributed by atoms with Crippen molar-refractivity contribution in [2.24, 2.45) is 10.9 Å². The lowest BCUT2D eigenvalue weighted by molar-refractivity contribution is 0.0203. The standard InChI is InChI=1S/C22H38N4O2.HI/c1-3-26(21-9-5-4-6-10-21)15-7-13-24-22(23-2)25-14-8-16-28-19-20-11-17-27-18-12-20;/h4-6,9-10,20H,3,7-8,11-19H2,1-2H3,(H2,23,24,25);1H. The van der Waals surface area contributed by atoms with Gasteiger partial charge in [0.05, 0.1) is 0 Å². The number of para-hydroxylation sites is 1. The second kappa shape index (κ2) is 16.7. The average molecular weight is 518 g/mol. The highest BCUT2D eigenvalue weighted by Gasteiger charge is 2.13. The van der Waals surface area contributed by atoms with Gasteiger partial charge in [-0.05, 0) is 50.7 Å². The van der Waals surface area contributed by atoms with Gasteiger partial charge in [0, 0.05) is 65.3 Å². The smallest absolute Gasteiger partial charge is 0.190 e. The Morgan fingerprint density at radius 3 is 2.48 bits per heavy atom. The molecule has 6 nitrogen and oxygen atoms in total. The number of nitrogens with one attached hydrogen (secondary N) is 2. The van der Waals surface area contributed by atoms with E-state index in [-0.39, 0.29) is 24.0 Å². The predicted octanol–water partition coefficient (Wildman–Crippen LogP) is 3.52. The number of guanidine groups is 1. The Labute approximate surface area is 193 Å². The monoisotopic (exact) mass is 518 g/mol. The fourth-order valence-electron chi connectivity index (χ4n) is 3.35. The van der Waals surface area contributed by atoms with Crippen molar-refractivity contribution < 1.29 is 9.47 Å². The lowest BCUT2D eigenvalue weighted by atomic mass is 10.0. The summed E-state index contributed by atoms with van der Waals surface area (Å²) in [4.78, 5) is 6.70. The highest BCUT2D eigenvalue weighted by molar-refractivity contribution is 14.0. The molecular weight excluding hydrogens is 479 g/mol. The van der Waals surface area contributed by atoms with Crippen LogP contribution in [0, 0.1) is 5.92 Å². The SMILES string of the molecule is CCN(CCCNC(=NC)NCCCOCC1CCOCC1)c1ccccc1.I. The van der Waals surface area contributed by atoms with Crippen LogP contribution in [-0.2, 0) is 9.47 Å². The maximum atomic E-state index is 5.81. The molecule has 29 heavy (non-hydrogen) atoms. The molecule has 1 aromatic rings. The first-order valence-electron chi connectivity index (χ1n) is 10.7. The van der Waals surface area contributed by atoms with E-state index in [1.54, 1.807) is 0 Å². The normalized spacial score (nSPS) is 14.9. The molecule has 0 radical (unpaired) electrons. The summed E-state index contributed by atoms with van der Waals surface area (Å²) < 4.78 is 11.2. The second-order valence-corrected chi connectivity index (χ2v) is 7.18. The number of aliphatic imine (C=N–C) groups is 1. The number of benzene rings is 1. The third kappa shape index (κ3) is 11.1. The van der Waals surface area contributed by atoms with Gasteiger partial charge in [0.2, 0.25) is 0 Å². The predicted molar refractivity (Wildman–Crippen MR) is 133 cm³/mol. The highest BCUT2D eigenvalue weighted by atomic mass is 127. The van der Waals surface area contributed by atoms with E-state index >= 15 is 0 Å². The summed E-state index contributed by atoms with van der Waals surface area (Å²) in [6.07, 6.45) is 4.32. The quantitative estimate of drug-likeness (QED) is 0.192. The van der Waals surface area contributed by atoms with Crippen molar-refractivity contribution in [3.8, 4) is 0 Å². The number of rotatable bonds is 12. The minimum atomic E-state index is 0. The molecule has 0 saturated carbocycles. The van der Waals surface area contributed by atoms with Crippen LogP contribution in [0.15, 0.2) is 35.3 Å². The van der Waals surface area contributed by atoms with E-state index in [1.165, 1.54) is 5.69 Å². The van der Waals surface area contributed by atoms with E-state index in [2.05, 4.69) is 57.8 Å². The van der Waals surface area contributed by atoms with Crippen LogP contribution in [0.4, 0.5) is 5.69 Å². The molecule has 0 aromatic heterocycles. The highest BCUT2D eigenvalue weighted by Crippen LogP contribution is 2.14. The van der Waals surface area contributed by atoms with Crippen LogP contribution in [0.5, 0.6) is 0 Å². The lowest BCUT2D eigenvalue weighted by Gasteiger charge is -2.23. The second-order valence-electron chi connectivity index (χ2n) is 7.18. The molecule has 0 amide bonds. The molecule has 2 N–H and O–H groups in total. The van der Waals surface area contributed by atoms with E-state index in [1.807, 2.05) is 7.05 Å². The molecule has 0 unspecified atom stereocenters. The summed E-state index contributed by atoms with van der Waals surface area (Å²) in [6.45, 7) is 9.47. The van der Waals surface area contributed by atoms with Crippen LogP contribution in [0.25, 0.3) is 0 Å². The first kappa shape index (κ1) is 26.0. The van der Waals surface area contributed by atoms with Gasteiger partial charge in [-0.15, -0.1) is 24.0 Å². The Morgan fingerprint density at radius 1 is 1.14 bits per heavy atom. The van der Waals surface area contributed by atoms with E-state index in [9.17, 15) is 0 Å². The summed E-state index contributed by atoms with van der Waals surface area (Å²) >= 11 is 0. The third-order valence-corrected chi connectivity index (χ3v) is 5.08. The molecule has 0 aliphatic carbocycles. The fourth-order valence-corrected chi connectivity index (χ4v) is 3.35. The minimum absolute atomic E-state index is 0. The van der Waals surface area contributed by atoms with Crippen LogP contribution in [-0.4, -0.2) is 65.6 Å². The number of anilines is 1. The number of hydrogen-bond donors (Lipinski definition) is 2. The van der Waals surface area contributed by atoms with Gasteiger partial charge in [0.25, 0.3) is 0 Å². The van der Waals surface area contributed by atoms with Crippen molar-refractivity contribution in [1.29, 1.82) is 0 Å². The summed E-state index contributed by atoms with van der Waals surface area (Å²) in [5.74, 6) is 1.54. The summed E-state index contributed by atoms with van der Waals surface area (Å²) in [6, 6.07) is 10.6. The number of nitrogens with zero attached hydrogens (tertiary/aromatic N) is 2. The van der Waals surface area contributed by atoms with Crippen molar-refractivity contribution in [1.82, 2.24) is 10.6 Å². The van der Waals surface area contributed by atoms with E-state index < -0.39 is 0 Å². The molecule has 1 aliphatic rings. The Hall–Kier alpha value is -1.06. The topological polar surface area (TPSA) is 58.1 Å². The zero-order chi connectivity index (χ0) is 19.9. The van der Waals surface area contributed by atoms with E-state index in [0.29, 0.717) is 5.92 Å². The van der Waals surface area contributed by atoms with Crippen LogP contribution >= 0.6 is 24.0 Å². The van der Waals surface area contributed by atoms with Gasteiger partial charge in [-0.2, -0.15) is 0 Å². The fraction of sp³-hybridized carbons (Fsp3) is 0.682. The largest absolute Gasteiger partial charge is 0.381 e. The van der Waals surface area contributed by atoms with Crippen molar-refractivity contribution in [3.05, 3.63) is 30.3 Å². The van der Waals surface area contributed by atoms with Crippen LogP contribution < -0.4 is 15.5 Å². The van der Waals surface area contributed by atoms with Gasteiger partial charge in [0.1, 0.15) is 0 Å². The molecule has 1 heterocycles. The molecule has 166 valence electrons. The Morgan fingerprint density at radius 2 is 1.83 bits per heavy atom. The Kier molecular flexibility index (Phi) is 15.0. The lowest BCUT2D eigenvalue weighted by Crippen LogP contribution is -2.39. The Bertz CT molecular complexity index is 539. The molecular formula is C22H39IN4O2. The third-order valence-electron chi connectivity index (χ3n) is 5.08. The van der Waals surface area contributed by atoms with Crippen LogP contribution in [0.2, 0.25) is 0 Å². The first-order valence-corrected chi connectivity index (χ1v) is 10.7. The zero-order valence-corrected chi connectivity index (χ0v) is 20.4. The van der Waals surface area contributed by atoms with E-state index in [0.717, 1.165) is 84.2 Å². The zero-order valence-electron chi connectivity index (χ0n) is 18.1. The minimum Gasteiger partial charge on any atom is -0.381 e. The average Bonchev–Trinajstić information content (AvgIpc) is 2.76. The maximum Gasteiger partial charge on any atom is 0.190 e. The van der Waals surface area contributed by atoms with Gasteiger partial charge in [0.15, 0.2) is 5.96 Å². The first-order chi connectivity index (χ1) is 13.8. The van der Waals surface area contributed by atoms with Crippen LogP contribution in [0.1, 0.15) is 32.6 Å². The molecule has 2 rings (SSSR count).